The van der Waals surface area contributed by atoms with Gasteiger partial charge in [0.15, 0.2) is 0 Å². The van der Waals surface area contributed by atoms with E-state index < -0.39 is 0 Å². The zero-order chi connectivity index (χ0) is 39.2. The van der Waals surface area contributed by atoms with E-state index in [0.29, 0.717) is 0 Å². The van der Waals surface area contributed by atoms with Gasteiger partial charge < -0.3 is 9.47 Å². The van der Waals surface area contributed by atoms with E-state index in [1.54, 1.807) is 0 Å². The summed E-state index contributed by atoms with van der Waals surface area (Å²) in [5.41, 5.74) is 14.5. The topological polar surface area (TPSA) is 8.17 Å². The van der Waals surface area contributed by atoms with Gasteiger partial charge in [0.25, 0.3) is 0 Å². The SMILES string of the molecule is CC1(C)c2cc(N(c3cccc(-n4c5ccccc5c5ccccc54)c3)c3ccc4ccccc4c3-c3cccc4ccccc34)ccc2-c2cc3ccccc3cc21. The lowest BCUT2D eigenvalue weighted by atomic mass is 9.81. The predicted molar refractivity (Wildman–Crippen MR) is 251 cm³/mol. The first-order valence-electron chi connectivity index (χ1n) is 20.6. The van der Waals surface area contributed by atoms with E-state index in [2.05, 4.69) is 230 Å². The number of para-hydroxylation sites is 2. The van der Waals surface area contributed by atoms with Crippen LogP contribution in [-0.2, 0) is 5.41 Å². The molecule has 0 radical (unpaired) electrons. The molecule has 0 saturated heterocycles. The van der Waals surface area contributed by atoms with Crippen molar-refractivity contribution >= 4 is 71.2 Å². The molecule has 0 bridgehead atoms. The summed E-state index contributed by atoms with van der Waals surface area (Å²) in [5.74, 6) is 0. The van der Waals surface area contributed by atoms with E-state index in [9.17, 15) is 0 Å². The van der Waals surface area contributed by atoms with Gasteiger partial charge in [0.2, 0.25) is 0 Å². The lowest BCUT2D eigenvalue weighted by Crippen LogP contribution is -2.17. The number of nitrogens with zero attached hydrogens (tertiary/aromatic N) is 2. The first kappa shape index (κ1) is 33.7. The summed E-state index contributed by atoms with van der Waals surface area (Å²) < 4.78 is 2.42. The molecule has 2 nitrogen and oxygen atoms in total. The van der Waals surface area contributed by atoms with Crippen LogP contribution in [0.2, 0.25) is 0 Å². The molecule has 12 rings (SSSR count). The van der Waals surface area contributed by atoms with Crippen LogP contribution in [0.3, 0.4) is 0 Å². The Balaban J connectivity index is 1.15. The average Bonchev–Trinajstić information content (AvgIpc) is 3.73. The van der Waals surface area contributed by atoms with Crippen molar-refractivity contribution in [1.82, 2.24) is 4.57 Å². The Morgan fingerprint density at radius 3 is 1.68 bits per heavy atom. The summed E-state index contributed by atoms with van der Waals surface area (Å²) in [7, 11) is 0. The second kappa shape index (κ2) is 12.8. The molecule has 0 spiro atoms. The van der Waals surface area contributed by atoms with E-state index in [1.807, 2.05) is 0 Å². The number of benzene rings is 10. The first-order chi connectivity index (χ1) is 29.0. The van der Waals surface area contributed by atoms with Crippen molar-refractivity contribution in [2.45, 2.75) is 19.3 Å². The summed E-state index contributed by atoms with van der Waals surface area (Å²) in [5, 5.41) is 9.99. The van der Waals surface area contributed by atoms with Gasteiger partial charge in [-0.1, -0.05) is 159 Å². The highest BCUT2D eigenvalue weighted by Crippen LogP contribution is 2.53. The summed E-state index contributed by atoms with van der Waals surface area (Å²) in [4.78, 5) is 2.51. The number of aromatic nitrogens is 1. The standard InChI is InChI=1S/C57H40N2/c1-57(2)51-34-40-18-4-3-17-39(40)33-50(51)46-31-30-43(36-52(46)57)58(41-20-14-21-42(35-41)59-53-27-11-9-24-47(53)48-25-10-12-28-54(48)59)55-32-29-38-16-6-8-23-45(38)56(55)49-26-13-19-37-15-5-7-22-44(37)49/h3-36H,1-2H3. The summed E-state index contributed by atoms with van der Waals surface area (Å²) in [6, 6.07) is 76.4. The quantitative estimate of drug-likeness (QED) is 0.170. The molecule has 0 amide bonds. The highest BCUT2D eigenvalue weighted by molar-refractivity contribution is 6.12. The average molecular weight is 753 g/mol. The third kappa shape index (κ3) is 5.06. The maximum Gasteiger partial charge on any atom is 0.0546 e. The summed E-state index contributed by atoms with van der Waals surface area (Å²) >= 11 is 0. The Hall–Kier alpha value is -7.42. The van der Waals surface area contributed by atoms with Crippen molar-refractivity contribution < 1.29 is 0 Å². The molecule has 1 aromatic heterocycles. The summed E-state index contributed by atoms with van der Waals surface area (Å²) in [6.45, 7) is 4.78. The smallest absolute Gasteiger partial charge is 0.0546 e. The van der Waals surface area contributed by atoms with E-state index >= 15 is 0 Å². The fraction of sp³-hybridized carbons (Fsp3) is 0.0526. The number of rotatable bonds is 5. The van der Waals surface area contributed by atoms with Crippen LogP contribution in [0.5, 0.6) is 0 Å². The summed E-state index contributed by atoms with van der Waals surface area (Å²) in [6.07, 6.45) is 0. The third-order valence-corrected chi connectivity index (χ3v) is 12.9. The van der Waals surface area contributed by atoms with Crippen LogP contribution in [0.1, 0.15) is 25.0 Å². The molecule has 0 N–H and O–H groups in total. The molecule has 0 saturated carbocycles. The highest BCUT2D eigenvalue weighted by atomic mass is 15.1. The highest BCUT2D eigenvalue weighted by Gasteiger charge is 2.36. The van der Waals surface area contributed by atoms with Crippen molar-refractivity contribution in [3.05, 3.63) is 217 Å². The Morgan fingerprint density at radius 1 is 0.373 bits per heavy atom. The van der Waals surface area contributed by atoms with Crippen LogP contribution in [-0.4, -0.2) is 4.57 Å². The van der Waals surface area contributed by atoms with E-state index in [1.165, 1.54) is 87.5 Å². The van der Waals surface area contributed by atoms with Gasteiger partial charge in [-0.3, -0.25) is 0 Å². The first-order valence-corrected chi connectivity index (χ1v) is 20.6. The lowest BCUT2D eigenvalue weighted by molar-refractivity contribution is 0.661. The molecule has 2 heteroatoms. The number of fused-ring (bicyclic) bond motifs is 9. The van der Waals surface area contributed by atoms with Crippen LogP contribution in [0.15, 0.2) is 206 Å². The molecule has 11 aromatic rings. The molecular formula is C57H40N2. The van der Waals surface area contributed by atoms with E-state index in [0.717, 1.165) is 22.7 Å². The fourth-order valence-electron chi connectivity index (χ4n) is 10.1. The van der Waals surface area contributed by atoms with Gasteiger partial charge in [-0.15, -0.1) is 0 Å². The Kier molecular flexibility index (Phi) is 7.31. The van der Waals surface area contributed by atoms with Crippen molar-refractivity contribution in [1.29, 1.82) is 0 Å². The third-order valence-electron chi connectivity index (χ3n) is 12.9. The monoisotopic (exact) mass is 752 g/mol. The molecule has 10 aromatic carbocycles. The molecule has 59 heavy (non-hydrogen) atoms. The minimum atomic E-state index is -0.191. The van der Waals surface area contributed by atoms with Gasteiger partial charge in [-0.25, -0.2) is 0 Å². The van der Waals surface area contributed by atoms with Crippen molar-refractivity contribution in [2.24, 2.45) is 0 Å². The predicted octanol–water partition coefficient (Wildman–Crippen LogP) is 15.7. The largest absolute Gasteiger partial charge is 0.310 e. The Labute approximate surface area is 343 Å². The van der Waals surface area contributed by atoms with Crippen LogP contribution < -0.4 is 4.90 Å². The van der Waals surface area contributed by atoms with E-state index in [4.69, 9.17) is 0 Å². The molecule has 0 atom stereocenters. The van der Waals surface area contributed by atoms with Gasteiger partial charge in [-0.2, -0.15) is 0 Å². The van der Waals surface area contributed by atoms with Gasteiger partial charge in [-0.05, 0) is 121 Å². The van der Waals surface area contributed by atoms with Crippen molar-refractivity contribution in [3.63, 3.8) is 0 Å². The second-order valence-electron chi connectivity index (χ2n) is 16.5. The van der Waals surface area contributed by atoms with Crippen LogP contribution in [0, 0.1) is 0 Å². The number of hydrogen-bond donors (Lipinski definition) is 0. The molecule has 278 valence electrons. The molecule has 1 aliphatic carbocycles. The number of anilines is 3. The van der Waals surface area contributed by atoms with Gasteiger partial charge in [0, 0.05) is 38.8 Å². The van der Waals surface area contributed by atoms with Gasteiger partial charge in [0.1, 0.15) is 0 Å². The van der Waals surface area contributed by atoms with Gasteiger partial charge in [0.05, 0.1) is 16.7 Å². The molecule has 1 heterocycles. The van der Waals surface area contributed by atoms with Crippen molar-refractivity contribution in [2.75, 3.05) is 4.90 Å². The number of hydrogen-bond acceptors (Lipinski definition) is 1. The minimum absolute atomic E-state index is 0.191. The maximum absolute atomic E-state index is 2.51. The molecular weight excluding hydrogens is 713 g/mol. The molecule has 0 fully saturated rings. The minimum Gasteiger partial charge on any atom is -0.310 e. The van der Waals surface area contributed by atoms with Crippen molar-refractivity contribution in [3.8, 4) is 27.9 Å². The zero-order valence-electron chi connectivity index (χ0n) is 33.0. The second-order valence-corrected chi connectivity index (χ2v) is 16.5. The molecule has 0 aliphatic heterocycles. The Bertz CT molecular complexity index is 3430. The fourth-order valence-corrected chi connectivity index (χ4v) is 10.1. The van der Waals surface area contributed by atoms with Crippen LogP contribution >= 0.6 is 0 Å². The van der Waals surface area contributed by atoms with Crippen LogP contribution in [0.4, 0.5) is 17.1 Å². The maximum atomic E-state index is 2.51. The van der Waals surface area contributed by atoms with E-state index in [-0.39, 0.29) is 5.41 Å². The molecule has 1 aliphatic rings. The van der Waals surface area contributed by atoms with Gasteiger partial charge >= 0.3 is 0 Å². The molecule has 0 unspecified atom stereocenters. The lowest BCUT2D eigenvalue weighted by Gasteiger charge is -2.31. The zero-order valence-corrected chi connectivity index (χ0v) is 33.0. The Morgan fingerprint density at radius 2 is 0.932 bits per heavy atom. The normalized spacial score (nSPS) is 13.1. The van der Waals surface area contributed by atoms with Crippen LogP contribution in [0.25, 0.3) is 82.1 Å².